The van der Waals surface area contributed by atoms with E-state index in [-0.39, 0.29) is 24.2 Å². The number of aliphatic hydroxyl groups is 1. The minimum Gasteiger partial charge on any atom is -0.393 e. The minimum absolute atomic E-state index is 0.0159. The van der Waals surface area contributed by atoms with E-state index < -0.39 is 0 Å². The van der Waals surface area contributed by atoms with Crippen LogP contribution in [0.15, 0.2) is 18.2 Å². The Hall–Kier alpha value is -1.55. The highest BCUT2D eigenvalue weighted by Crippen LogP contribution is 2.19. The van der Waals surface area contributed by atoms with Crippen LogP contribution in [0.2, 0.25) is 0 Å². The van der Waals surface area contributed by atoms with E-state index in [4.69, 9.17) is 0 Å². The van der Waals surface area contributed by atoms with Crippen LogP contribution in [0, 0.1) is 13.8 Å². The van der Waals surface area contributed by atoms with Crippen molar-refractivity contribution in [3.63, 3.8) is 0 Å². The van der Waals surface area contributed by atoms with Crippen LogP contribution < -0.4 is 10.6 Å². The molecule has 1 aliphatic carbocycles. The summed E-state index contributed by atoms with van der Waals surface area (Å²) in [5, 5.41) is 15.5. The van der Waals surface area contributed by atoms with Crippen molar-refractivity contribution < 1.29 is 9.90 Å². The fraction of sp³-hybridized carbons (Fsp3) is 0.588. The Kier molecular flexibility index (Phi) is 5.23. The Labute approximate surface area is 126 Å². The van der Waals surface area contributed by atoms with Crippen LogP contribution in [0.3, 0.4) is 0 Å². The van der Waals surface area contributed by atoms with Gasteiger partial charge in [-0.1, -0.05) is 29.3 Å². The maximum atomic E-state index is 12.1. The molecule has 0 radical (unpaired) electrons. The van der Waals surface area contributed by atoms with Gasteiger partial charge in [0.05, 0.1) is 12.1 Å². The van der Waals surface area contributed by atoms with Crippen molar-refractivity contribution in [3.05, 3.63) is 34.9 Å². The van der Waals surface area contributed by atoms with Crippen molar-refractivity contribution in [1.29, 1.82) is 0 Å². The Balaban J connectivity index is 1.87. The van der Waals surface area contributed by atoms with Gasteiger partial charge in [-0.2, -0.15) is 0 Å². The average Bonchev–Trinajstić information content (AvgIpc) is 2.40. The van der Waals surface area contributed by atoms with Crippen LogP contribution in [0.5, 0.6) is 0 Å². The van der Waals surface area contributed by atoms with Crippen LogP contribution in [0.25, 0.3) is 0 Å². The lowest BCUT2D eigenvalue weighted by Gasteiger charge is -2.27. The third-order valence-corrected chi connectivity index (χ3v) is 4.12. The molecule has 2 amide bonds. The molecule has 3 N–H and O–H groups in total. The normalized spacial score (nSPS) is 23.4. The Morgan fingerprint density at radius 3 is 2.29 bits per heavy atom. The smallest absolute Gasteiger partial charge is 0.315 e. The summed E-state index contributed by atoms with van der Waals surface area (Å²) in [6.07, 6.45) is 3.06. The number of hydrogen-bond donors (Lipinski definition) is 3. The molecular formula is C17H26N2O2. The largest absolute Gasteiger partial charge is 0.393 e. The molecule has 0 bridgehead atoms. The predicted molar refractivity (Wildman–Crippen MR) is 84.3 cm³/mol. The van der Waals surface area contributed by atoms with Crippen LogP contribution >= 0.6 is 0 Å². The second-order valence-corrected chi connectivity index (χ2v) is 6.27. The van der Waals surface area contributed by atoms with E-state index in [1.165, 1.54) is 11.1 Å². The molecule has 0 saturated heterocycles. The van der Waals surface area contributed by atoms with Gasteiger partial charge in [0.15, 0.2) is 0 Å². The zero-order chi connectivity index (χ0) is 15.4. The summed E-state index contributed by atoms with van der Waals surface area (Å²) in [5.41, 5.74) is 3.54. The third-order valence-electron chi connectivity index (χ3n) is 4.12. The molecule has 2 rings (SSSR count). The van der Waals surface area contributed by atoms with Gasteiger partial charge in [-0.15, -0.1) is 0 Å². The second kappa shape index (κ2) is 6.94. The maximum absolute atomic E-state index is 12.1. The van der Waals surface area contributed by atoms with Gasteiger partial charge >= 0.3 is 6.03 Å². The van der Waals surface area contributed by atoms with Crippen molar-refractivity contribution >= 4 is 6.03 Å². The van der Waals surface area contributed by atoms with Crippen LogP contribution in [-0.4, -0.2) is 23.3 Å². The first-order chi connectivity index (χ1) is 9.94. The summed E-state index contributed by atoms with van der Waals surface area (Å²) in [6, 6.07) is 6.38. The Morgan fingerprint density at radius 1 is 1.14 bits per heavy atom. The standard InChI is InChI=1S/C17H26N2O2/c1-11-8-12(2)10-14(9-11)13(3)18-17(21)19-15-4-6-16(20)7-5-15/h8-10,13,15-16,20H,4-7H2,1-3H3,(H2,18,19,21)/t13-,15?,16?/m0/s1. The van der Waals surface area contributed by atoms with Gasteiger partial charge in [0.1, 0.15) is 0 Å². The molecule has 1 aromatic rings. The van der Waals surface area contributed by atoms with E-state index in [1.54, 1.807) is 0 Å². The second-order valence-electron chi connectivity index (χ2n) is 6.27. The maximum Gasteiger partial charge on any atom is 0.315 e. The number of amides is 2. The molecule has 21 heavy (non-hydrogen) atoms. The van der Waals surface area contributed by atoms with Crippen molar-refractivity contribution in [2.75, 3.05) is 0 Å². The van der Waals surface area contributed by atoms with E-state index >= 15 is 0 Å². The van der Waals surface area contributed by atoms with E-state index in [9.17, 15) is 9.90 Å². The molecule has 1 saturated carbocycles. The monoisotopic (exact) mass is 290 g/mol. The summed E-state index contributed by atoms with van der Waals surface area (Å²) in [6.45, 7) is 6.13. The summed E-state index contributed by atoms with van der Waals surface area (Å²) >= 11 is 0. The zero-order valence-corrected chi connectivity index (χ0v) is 13.1. The van der Waals surface area contributed by atoms with Crippen LogP contribution in [0.1, 0.15) is 55.3 Å². The summed E-state index contributed by atoms with van der Waals surface area (Å²) < 4.78 is 0. The summed E-state index contributed by atoms with van der Waals surface area (Å²) in [5.74, 6) is 0. The van der Waals surface area contributed by atoms with E-state index in [1.807, 2.05) is 6.92 Å². The fourth-order valence-electron chi connectivity index (χ4n) is 2.99. The van der Waals surface area contributed by atoms with Crippen molar-refractivity contribution in [2.45, 2.75) is 64.6 Å². The first-order valence-electron chi connectivity index (χ1n) is 7.77. The van der Waals surface area contributed by atoms with E-state index in [0.717, 1.165) is 31.2 Å². The molecule has 1 fully saturated rings. The van der Waals surface area contributed by atoms with Gasteiger partial charge in [-0.3, -0.25) is 0 Å². The van der Waals surface area contributed by atoms with Crippen LogP contribution in [0.4, 0.5) is 4.79 Å². The number of aliphatic hydroxyl groups excluding tert-OH is 1. The highest BCUT2D eigenvalue weighted by Gasteiger charge is 2.21. The summed E-state index contributed by atoms with van der Waals surface area (Å²) in [7, 11) is 0. The number of urea groups is 1. The highest BCUT2D eigenvalue weighted by atomic mass is 16.3. The number of aryl methyl sites for hydroxylation is 2. The molecule has 4 heteroatoms. The minimum atomic E-state index is -0.194. The van der Waals surface area contributed by atoms with Crippen LogP contribution in [-0.2, 0) is 0 Å². The Bertz CT molecular complexity index is 473. The topological polar surface area (TPSA) is 61.4 Å². The van der Waals surface area contributed by atoms with Gasteiger partial charge in [-0.25, -0.2) is 4.79 Å². The SMILES string of the molecule is Cc1cc(C)cc([C@H](C)NC(=O)NC2CCC(O)CC2)c1. The molecule has 4 nitrogen and oxygen atoms in total. The molecule has 0 spiro atoms. The molecule has 0 aromatic heterocycles. The van der Waals surface area contributed by atoms with Gasteiger partial charge in [0.25, 0.3) is 0 Å². The lowest BCUT2D eigenvalue weighted by molar-refractivity contribution is 0.117. The van der Waals surface area contributed by atoms with E-state index in [0.29, 0.717) is 0 Å². The number of carbonyl (C=O) groups excluding carboxylic acids is 1. The lowest BCUT2D eigenvalue weighted by atomic mass is 9.93. The predicted octanol–water partition coefficient (Wildman–Crippen LogP) is 2.97. The zero-order valence-electron chi connectivity index (χ0n) is 13.1. The molecule has 1 aliphatic rings. The fourth-order valence-corrected chi connectivity index (χ4v) is 2.99. The first kappa shape index (κ1) is 15.8. The van der Waals surface area contributed by atoms with Gasteiger partial charge < -0.3 is 15.7 Å². The van der Waals surface area contributed by atoms with Crippen molar-refractivity contribution in [1.82, 2.24) is 10.6 Å². The Morgan fingerprint density at radius 2 is 1.71 bits per heavy atom. The van der Waals surface area contributed by atoms with E-state index in [2.05, 4.69) is 42.7 Å². The van der Waals surface area contributed by atoms with Crippen molar-refractivity contribution in [2.24, 2.45) is 0 Å². The molecule has 116 valence electrons. The van der Waals surface area contributed by atoms with Crippen molar-refractivity contribution in [3.8, 4) is 0 Å². The quantitative estimate of drug-likeness (QED) is 0.801. The molecule has 0 unspecified atom stereocenters. The third kappa shape index (κ3) is 4.74. The van der Waals surface area contributed by atoms with Gasteiger partial charge in [0.2, 0.25) is 0 Å². The lowest BCUT2D eigenvalue weighted by Crippen LogP contribution is -2.44. The highest BCUT2D eigenvalue weighted by molar-refractivity contribution is 5.74. The number of hydrogen-bond acceptors (Lipinski definition) is 2. The number of rotatable bonds is 3. The molecule has 0 heterocycles. The van der Waals surface area contributed by atoms with Gasteiger partial charge in [0, 0.05) is 6.04 Å². The summed E-state index contributed by atoms with van der Waals surface area (Å²) in [4.78, 5) is 12.1. The number of benzene rings is 1. The molecule has 0 aliphatic heterocycles. The molecular weight excluding hydrogens is 264 g/mol. The van der Waals surface area contributed by atoms with Gasteiger partial charge in [-0.05, 0) is 52.0 Å². The molecule has 1 atom stereocenters. The average molecular weight is 290 g/mol. The first-order valence-corrected chi connectivity index (χ1v) is 7.77. The number of carbonyl (C=O) groups is 1. The number of nitrogens with one attached hydrogen (secondary N) is 2. The molecule has 1 aromatic carbocycles.